The van der Waals surface area contributed by atoms with Crippen molar-refractivity contribution in [2.24, 2.45) is 7.05 Å². The van der Waals surface area contributed by atoms with Crippen LogP contribution in [-0.4, -0.2) is 24.8 Å². The van der Waals surface area contributed by atoms with E-state index in [1.54, 1.807) is 13.1 Å². The molecule has 0 aliphatic heterocycles. The third kappa shape index (κ3) is 4.01. The highest BCUT2D eigenvalue weighted by molar-refractivity contribution is 5.64. The van der Waals surface area contributed by atoms with Gasteiger partial charge in [0.1, 0.15) is 12.4 Å². The summed E-state index contributed by atoms with van der Waals surface area (Å²) in [5.41, 5.74) is 4.94. The molecule has 4 rings (SSSR count). The third-order valence-electron chi connectivity index (χ3n) is 5.27. The molecule has 8 heteroatoms. The van der Waals surface area contributed by atoms with Crippen molar-refractivity contribution in [3.63, 3.8) is 0 Å². The standard InChI is InChI=1S/C24H22N6O2/c1-5-17-8-6-10-21(30-24(31)29(4)27-28-30)19(17)15-32-22-13-12-18(14-16(22)2)20-9-7-11-23(25-3)26-20/h6-14H,5,15H2,1-2,4H3. The molecule has 2 heterocycles. The van der Waals surface area contributed by atoms with Gasteiger partial charge in [-0.1, -0.05) is 31.7 Å². The number of hydrogen-bond acceptors (Lipinski definition) is 5. The molecule has 2 aromatic carbocycles. The molecule has 32 heavy (non-hydrogen) atoms. The number of benzene rings is 2. The highest BCUT2D eigenvalue weighted by Gasteiger charge is 2.15. The Kier molecular flexibility index (Phi) is 5.81. The summed E-state index contributed by atoms with van der Waals surface area (Å²) in [5, 5.41) is 7.81. The minimum atomic E-state index is -0.311. The Morgan fingerprint density at radius 3 is 2.59 bits per heavy atom. The maximum absolute atomic E-state index is 12.4. The Bertz CT molecular complexity index is 1380. The van der Waals surface area contributed by atoms with Gasteiger partial charge in [-0.25, -0.2) is 4.79 Å². The number of ether oxygens (including phenoxy) is 1. The Balaban J connectivity index is 1.63. The van der Waals surface area contributed by atoms with Crippen LogP contribution in [0.4, 0.5) is 5.82 Å². The SMILES string of the molecule is [C-]#[N+]c1cccc(-c2ccc(OCc3c(CC)cccc3-n3nnn(C)c3=O)c(C)c2)n1. The fraction of sp³-hybridized carbons (Fsp3) is 0.208. The van der Waals surface area contributed by atoms with Crippen molar-refractivity contribution in [2.75, 3.05) is 0 Å². The molecule has 0 aliphatic rings. The zero-order valence-electron chi connectivity index (χ0n) is 18.1. The smallest absolute Gasteiger partial charge is 0.368 e. The molecule has 160 valence electrons. The van der Waals surface area contributed by atoms with Crippen molar-refractivity contribution in [3.05, 3.63) is 93.2 Å². The summed E-state index contributed by atoms with van der Waals surface area (Å²) >= 11 is 0. The molecule has 0 bridgehead atoms. The fourth-order valence-electron chi connectivity index (χ4n) is 3.55. The lowest BCUT2D eigenvalue weighted by Gasteiger charge is -2.15. The van der Waals surface area contributed by atoms with Crippen molar-refractivity contribution in [1.29, 1.82) is 0 Å². The second-order valence-electron chi connectivity index (χ2n) is 7.33. The first-order valence-electron chi connectivity index (χ1n) is 10.2. The molecule has 0 saturated carbocycles. The van der Waals surface area contributed by atoms with Gasteiger partial charge < -0.3 is 9.58 Å². The van der Waals surface area contributed by atoms with Crippen LogP contribution in [-0.2, 0) is 20.1 Å². The molecule has 8 nitrogen and oxygen atoms in total. The van der Waals surface area contributed by atoms with Gasteiger partial charge in [0.25, 0.3) is 5.82 Å². The van der Waals surface area contributed by atoms with Gasteiger partial charge in [-0.3, -0.25) is 0 Å². The number of aryl methyl sites for hydroxylation is 3. The Hall–Kier alpha value is -4.25. The van der Waals surface area contributed by atoms with Crippen molar-refractivity contribution in [1.82, 2.24) is 24.8 Å². The van der Waals surface area contributed by atoms with Gasteiger partial charge in [0.2, 0.25) is 0 Å². The van der Waals surface area contributed by atoms with E-state index in [4.69, 9.17) is 11.3 Å². The fourth-order valence-corrected chi connectivity index (χ4v) is 3.55. The molecule has 0 atom stereocenters. The molecule has 4 aromatic rings. The molecule has 0 unspecified atom stereocenters. The molecule has 0 N–H and O–H groups in total. The van der Waals surface area contributed by atoms with Gasteiger partial charge in [-0.2, -0.15) is 9.36 Å². The monoisotopic (exact) mass is 426 g/mol. The highest BCUT2D eigenvalue weighted by atomic mass is 16.5. The lowest BCUT2D eigenvalue weighted by Crippen LogP contribution is -2.23. The van der Waals surface area contributed by atoms with E-state index in [9.17, 15) is 4.79 Å². The van der Waals surface area contributed by atoms with E-state index in [1.807, 2.05) is 55.5 Å². The van der Waals surface area contributed by atoms with E-state index in [2.05, 4.69) is 27.2 Å². The number of tetrazole rings is 1. The van der Waals surface area contributed by atoms with Crippen LogP contribution in [0.5, 0.6) is 5.75 Å². The second kappa shape index (κ2) is 8.86. The number of pyridine rings is 1. The largest absolute Gasteiger partial charge is 0.489 e. The van der Waals surface area contributed by atoms with Crippen molar-refractivity contribution in [3.8, 4) is 22.7 Å². The summed E-state index contributed by atoms with van der Waals surface area (Å²) in [4.78, 5) is 20.2. The molecular formula is C24H22N6O2. The van der Waals surface area contributed by atoms with Crippen LogP contribution in [0.2, 0.25) is 0 Å². The van der Waals surface area contributed by atoms with Gasteiger partial charge in [0, 0.05) is 18.2 Å². The maximum atomic E-state index is 12.4. The van der Waals surface area contributed by atoms with Crippen LogP contribution in [0.25, 0.3) is 21.8 Å². The quantitative estimate of drug-likeness (QED) is 0.435. The van der Waals surface area contributed by atoms with E-state index >= 15 is 0 Å². The first-order valence-corrected chi connectivity index (χ1v) is 10.2. The van der Waals surface area contributed by atoms with Crippen LogP contribution in [0.1, 0.15) is 23.6 Å². The van der Waals surface area contributed by atoms with Crippen molar-refractivity contribution in [2.45, 2.75) is 26.9 Å². The van der Waals surface area contributed by atoms with Gasteiger partial charge in [-0.05, 0) is 71.3 Å². The van der Waals surface area contributed by atoms with Gasteiger partial charge in [0.05, 0.1) is 5.69 Å². The first-order chi connectivity index (χ1) is 15.5. The highest BCUT2D eigenvalue weighted by Crippen LogP contribution is 2.28. The average molecular weight is 426 g/mol. The summed E-state index contributed by atoms with van der Waals surface area (Å²) in [7, 11) is 1.57. The number of aromatic nitrogens is 5. The molecular weight excluding hydrogens is 404 g/mol. The van der Waals surface area contributed by atoms with E-state index < -0.39 is 0 Å². The van der Waals surface area contributed by atoms with Gasteiger partial charge in [0.15, 0.2) is 5.69 Å². The minimum Gasteiger partial charge on any atom is -0.489 e. The van der Waals surface area contributed by atoms with Gasteiger partial charge >= 0.3 is 5.69 Å². The molecule has 2 aromatic heterocycles. The molecule has 0 aliphatic carbocycles. The summed E-state index contributed by atoms with van der Waals surface area (Å²) in [6, 6.07) is 17.0. The third-order valence-corrected chi connectivity index (χ3v) is 5.27. The lowest BCUT2D eigenvalue weighted by atomic mass is 10.0. The topological polar surface area (TPSA) is 79.2 Å². The van der Waals surface area contributed by atoms with E-state index in [0.29, 0.717) is 11.5 Å². The predicted octanol–water partition coefficient (Wildman–Crippen LogP) is 4.03. The Labute approximate surface area is 185 Å². The molecule has 0 radical (unpaired) electrons. The second-order valence-corrected chi connectivity index (χ2v) is 7.33. The Morgan fingerprint density at radius 2 is 1.91 bits per heavy atom. The Morgan fingerprint density at radius 1 is 1.09 bits per heavy atom. The van der Waals surface area contributed by atoms with Crippen molar-refractivity contribution < 1.29 is 4.74 Å². The van der Waals surface area contributed by atoms with Crippen LogP contribution in [0.3, 0.4) is 0 Å². The normalized spacial score (nSPS) is 10.7. The minimum absolute atomic E-state index is 0.286. The lowest BCUT2D eigenvalue weighted by molar-refractivity contribution is 0.302. The zero-order chi connectivity index (χ0) is 22.7. The van der Waals surface area contributed by atoms with E-state index in [-0.39, 0.29) is 12.3 Å². The molecule has 0 spiro atoms. The number of nitrogens with zero attached hydrogens (tertiary/aromatic N) is 6. The number of hydrogen-bond donors (Lipinski definition) is 0. The van der Waals surface area contributed by atoms with Crippen LogP contribution < -0.4 is 10.4 Å². The van der Waals surface area contributed by atoms with Crippen LogP contribution >= 0.6 is 0 Å². The van der Waals surface area contributed by atoms with Crippen molar-refractivity contribution >= 4 is 5.82 Å². The summed E-state index contributed by atoms with van der Waals surface area (Å²) < 4.78 is 8.66. The maximum Gasteiger partial charge on any atom is 0.368 e. The predicted molar refractivity (Wildman–Crippen MR) is 121 cm³/mol. The molecule has 0 amide bonds. The van der Waals surface area contributed by atoms with Crippen LogP contribution in [0.15, 0.2) is 59.4 Å². The average Bonchev–Trinajstić information content (AvgIpc) is 3.16. The van der Waals surface area contributed by atoms with E-state index in [1.165, 1.54) is 9.36 Å². The summed E-state index contributed by atoms with van der Waals surface area (Å²) in [5.74, 6) is 1.10. The van der Waals surface area contributed by atoms with Gasteiger partial charge in [-0.15, -0.1) is 4.98 Å². The molecule has 0 saturated heterocycles. The molecule has 0 fully saturated rings. The van der Waals surface area contributed by atoms with Crippen LogP contribution in [0, 0.1) is 13.5 Å². The summed E-state index contributed by atoms with van der Waals surface area (Å²) in [6.07, 6.45) is 0.794. The first kappa shape index (κ1) is 21.0. The zero-order valence-corrected chi connectivity index (χ0v) is 18.1. The number of rotatable bonds is 6. The summed E-state index contributed by atoms with van der Waals surface area (Å²) in [6.45, 7) is 11.5. The van der Waals surface area contributed by atoms with E-state index in [0.717, 1.165) is 40.1 Å².